The van der Waals surface area contributed by atoms with Gasteiger partial charge in [-0.05, 0) is 42.8 Å². The zero-order valence-corrected chi connectivity index (χ0v) is 18.2. The minimum Gasteiger partial charge on any atom is -0.344 e. The fraction of sp³-hybridized carbons (Fsp3) is 0.182. The first-order valence-corrected chi connectivity index (χ1v) is 11.7. The highest BCUT2D eigenvalue weighted by molar-refractivity contribution is 7.90. The van der Waals surface area contributed by atoms with Crippen molar-refractivity contribution >= 4 is 26.6 Å². The number of pyridine rings is 2. The van der Waals surface area contributed by atoms with Gasteiger partial charge in [0.15, 0.2) is 14.9 Å². The number of carbonyl (C=O) groups is 1. The van der Waals surface area contributed by atoms with Crippen molar-refractivity contribution in [1.29, 1.82) is 0 Å². The van der Waals surface area contributed by atoms with E-state index in [0.29, 0.717) is 34.3 Å². The third-order valence-corrected chi connectivity index (χ3v) is 6.00. The molecule has 1 amide bonds. The lowest BCUT2D eigenvalue weighted by atomic mass is 10.1. The van der Waals surface area contributed by atoms with E-state index in [9.17, 15) is 17.6 Å². The molecule has 0 unspecified atom stereocenters. The molecule has 4 rings (SSSR count). The van der Waals surface area contributed by atoms with Crippen LogP contribution in [0.3, 0.4) is 0 Å². The summed E-state index contributed by atoms with van der Waals surface area (Å²) in [6, 6.07) is 10.0. The number of nitrogens with zero attached hydrogens (tertiary/aromatic N) is 4. The van der Waals surface area contributed by atoms with Crippen LogP contribution in [0, 0.1) is 5.82 Å². The van der Waals surface area contributed by atoms with Crippen LogP contribution in [0.15, 0.2) is 66.1 Å². The molecule has 0 bridgehead atoms. The average molecular weight is 453 g/mol. The molecule has 0 saturated carbocycles. The molecule has 10 heteroatoms. The molecule has 4 aromatic rings. The number of hydrogen-bond donors (Lipinski definition) is 1. The summed E-state index contributed by atoms with van der Waals surface area (Å²) < 4.78 is 38.5. The molecule has 0 aliphatic carbocycles. The van der Waals surface area contributed by atoms with Gasteiger partial charge in [0.2, 0.25) is 0 Å². The number of amides is 1. The number of carbonyl (C=O) groups excluding carboxylic acids is 1. The number of aromatic nitrogens is 4. The lowest BCUT2D eigenvalue weighted by Gasteiger charge is -2.17. The van der Waals surface area contributed by atoms with E-state index in [2.05, 4.69) is 20.4 Å². The summed E-state index contributed by atoms with van der Waals surface area (Å²) in [6.07, 6.45) is 6.17. The van der Waals surface area contributed by atoms with Gasteiger partial charge >= 0.3 is 0 Å². The third-order valence-electron chi connectivity index (χ3n) is 5.01. The van der Waals surface area contributed by atoms with Crippen LogP contribution in [0.5, 0.6) is 0 Å². The van der Waals surface area contributed by atoms with Crippen molar-refractivity contribution in [3.63, 3.8) is 0 Å². The molecule has 1 aromatic carbocycles. The van der Waals surface area contributed by atoms with Crippen LogP contribution < -0.4 is 5.32 Å². The average Bonchev–Trinajstić information content (AvgIpc) is 3.21. The maximum absolute atomic E-state index is 13.3. The van der Waals surface area contributed by atoms with Gasteiger partial charge < -0.3 is 5.32 Å². The Balaban J connectivity index is 1.66. The van der Waals surface area contributed by atoms with Gasteiger partial charge in [-0.3, -0.25) is 9.78 Å². The summed E-state index contributed by atoms with van der Waals surface area (Å²) in [7, 11) is -3.47. The van der Waals surface area contributed by atoms with E-state index in [0.717, 1.165) is 6.26 Å². The van der Waals surface area contributed by atoms with Crippen LogP contribution in [-0.4, -0.2) is 40.3 Å². The van der Waals surface area contributed by atoms with Crippen molar-refractivity contribution in [2.75, 3.05) is 6.26 Å². The first-order valence-electron chi connectivity index (χ1n) is 9.83. The van der Waals surface area contributed by atoms with E-state index in [1.165, 1.54) is 24.4 Å². The van der Waals surface area contributed by atoms with Gasteiger partial charge in [-0.2, -0.15) is 5.10 Å². The van der Waals surface area contributed by atoms with Gasteiger partial charge in [0.05, 0.1) is 40.9 Å². The summed E-state index contributed by atoms with van der Waals surface area (Å²) in [5, 5.41) is 7.76. The number of hydrogen-bond acceptors (Lipinski definition) is 6. The Morgan fingerprint density at radius 2 is 1.88 bits per heavy atom. The lowest BCUT2D eigenvalue weighted by molar-refractivity contribution is 0.0936. The van der Waals surface area contributed by atoms with E-state index in [-0.39, 0.29) is 16.8 Å². The molecular weight excluding hydrogens is 433 g/mol. The van der Waals surface area contributed by atoms with Gasteiger partial charge in [0.25, 0.3) is 5.91 Å². The second-order valence-corrected chi connectivity index (χ2v) is 9.22. The molecule has 32 heavy (non-hydrogen) atoms. The Morgan fingerprint density at radius 1 is 1.12 bits per heavy atom. The summed E-state index contributed by atoms with van der Waals surface area (Å²) in [6.45, 7) is 1.87. The van der Waals surface area contributed by atoms with E-state index in [4.69, 9.17) is 0 Å². The highest BCUT2D eigenvalue weighted by Gasteiger charge is 2.20. The molecule has 0 aliphatic heterocycles. The van der Waals surface area contributed by atoms with Crippen LogP contribution in [-0.2, 0) is 9.84 Å². The van der Waals surface area contributed by atoms with Crippen LogP contribution >= 0.6 is 0 Å². The maximum atomic E-state index is 13.3. The topological polar surface area (TPSA) is 107 Å². The largest absolute Gasteiger partial charge is 0.344 e. The Kier molecular flexibility index (Phi) is 5.70. The molecule has 0 aliphatic rings. The van der Waals surface area contributed by atoms with Crippen molar-refractivity contribution in [2.24, 2.45) is 0 Å². The second kappa shape index (κ2) is 8.46. The van der Waals surface area contributed by atoms with E-state index < -0.39 is 15.9 Å². The Hall–Kier alpha value is -3.66. The lowest BCUT2D eigenvalue weighted by Crippen LogP contribution is -2.29. The minimum atomic E-state index is -3.47. The normalized spacial score (nSPS) is 12.6. The maximum Gasteiger partial charge on any atom is 0.254 e. The quantitative estimate of drug-likeness (QED) is 0.480. The van der Waals surface area contributed by atoms with E-state index in [1.807, 2.05) is 6.92 Å². The highest BCUT2D eigenvalue weighted by atomic mass is 32.2. The van der Waals surface area contributed by atoms with Gasteiger partial charge in [0, 0.05) is 17.8 Å². The number of benzene rings is 1. The summed E-state index contributed by atoms with van der Waals surface area (Å²) in [5.74, 6) is -0.747. The van der Waals surface area contributed by atoms with Gasteiger partial charge in [-0.1, -0.05) is 13.0 Å². The summed E-state index contributed by atoms with van der Waals surface area (Å²) in [4.78, 5) is 21.5. The number of halogens is 1. The fourth-order valence-corrected chi connectivity index (χ4v) is 3.96. The van der Waals surface area contributed by atoms with Crippen LogP contribution in [0.1, 0.15) is 35.4 Å². The molecule has 0 spiro atoms. The van der Waals surface area contributed by atoms with Gasteiger partial charge in [-0.25, -0.2) is 22.5 Å². The summed E-state index contributed by atoms with van der Waals surface area (Å²) in [5.41, 5.74) is 1.99. The van der Waals surface area contributed by atoms with Crippen molar-refractivity contribution in [3.8, 4) is 5.69 Å². The van der Waals surface area contributed by atoms with Crippen LogP contribution in [0.2, 0.25) is 0 Å². The monoisotopic (exact) mass is 453 g/mol. The first kappa shape index (κ1) is 21.6. The third kappa shape index (κ3) is 4.22. The summed E-state index contributed by atoms with van der Waals surface area (Å²) >= 11 is 0. The van der Waals surface area contributed by atoms with E-state index >= 15 is 0 Å². The zero-order valence-electron chi connectivity index (χ0n) is 17.4. The fourth-order valence-electron chi connectivity index (χ4n) is 3.36. The predicted molar refractivity (Wildman–Crippen MR) is 117 cm³/mol. The molecule has 0 saturated heterocycles. The van der Waals surface area contributed by atoms with Crippen LogP contribution in [0.4, 0.5) is 4.39 Å². The van der Waals surface area contributed by atoms with Gasteiger partial charge in [-0.15, -0.1) is 0 Å². The molecule has 0 fully saturated rings. The van der Waals surface area contributed by atoms with Crippen molar-refractivity contribution in [2.45, 2.75) is 24.4 Å². The SMILES string of the molecule is CC[C@H](NC(=O)c1cncc2c1cnn2-c1ccc(F)cc1)c1cccc(S(C)(=O)=O)n1. The highest BCUT2D eigenvalue weighted by Crippen LogP contribution is 2.23. The molecule has 1 atom stereocenters. The number of fused-ring (bicyclic) bond motifs is 1. The van der Waals surface area contributed by atoms with Crippen molar-refractivity contribution < 1.29 is 17.6 Å². The predicted octanol–water partition coefficient (Wildman–Crippen LogP) is 3.24. The number of rotatable bonds is 6. The Bertz CT molecular complexity index is 1400. The zero-order chi connectivity index (χ0) is 22.9. The second-order valence-electron chi connectivity index (χ2n) is 7.26. The molecular formula is C22H20FN5O3S. The molecule has 8 nitrogen and oxygen atoms in total. The Labute approximate surface area is 184 Å². The molecule has 3 heterocycles. The molecule has 164 valence electrons. The molecule has 0 radical (unpaired) electrons. The smallest absolute Gasteiger partial charge is 0.254 e. The van der Waals surface area contributed by atoms with Gasteiger partial charge in [0.1, 0.15) is 5.82 Å². The van der Waals surface area contributed by atoms with Crippen molar-refractivity contribution in [1.82, 2.24) is 25.1 Å². The number of sulfone groups is 1. The van der Waals surface area contributed by atoms with E-state index in [1.54, 1.807) is 41.3 Å². The number of nitrogens with one attached hydrogen (secondary N) is 1. The molecule has 3 aromatic heterocycles. The Morgan fingerprint density at radius 3 is 2.56 bits per heavy atom. The minimum absolute atomic E-state index is 0.0490. The first-order chi connectivity index (χ1) is 15.3. The molecule has 1 N–H and O–H groups in total. The van der Waals surface area contributed by atoms with Crippen molar-refractivity contribution in [3.05, 3.63) is 78.1 Å². The standard InChI is InChI=1S/C22H20FN5O3S/c1-3-18(19-5-4-6-21(26-19)32(2,30)31)27-22(29)17-11-24-13-20-16(17)12-25-28(20)15-9-7-14(23)8-10-15/h4-13,18H,3H2,1-2H3,(H,27,29)/t18-/m0/s1. The van der Waals surface area contributed by atoms with Crippen LogP contribution in [0.25, 0.3) is 16.6 Å².